The first kappa shape index (κ1) is 20.1. The number of allylic oxidation sites excluding steroid dienone is 1. The van der Waals surface area contributed by atoms with Crippen LogP contribution in [-0.2, 0) is 9.53 Å². The van der Waals surface area contributed by atoms with Crippen LogP contribution < -0.4 is 4.73 Å². The Hall–Kier alpha value is -1.84. The SMILES string of the molecule is CC(=O)O[C@H]1CC[C@@]2(C)C(=CC[C@@H]3[C@@H]2CC[C@]2(C)C(c4ccc[n+]([O-])c4)CC[C@@H]32)C1. The molecule has 1 unspecified atom stereocenters. The second-order valence-corrected chi connectivity index (χ2v) is 10.9. The van der Waals surface area contributed by atoms with E-state index < -0.39 is 0 Å². The molecule has 1 aromatic heterocycles. The number of aromatic nitrogens is 1. The molecule has 162 valence electrons. The normalized spacial score (nSPS) is 42.5. The fourth-order valence-corrected chi connectivity index (χ4v) is 8.19. The van der Waals surface area contributed by atoms with Gasteiger partial charge in [0.05, 0.1) is 0 Å². The minimum atomic E-state index is -0.149. The van der Waals surface area contributed by atoms with Crippen LogP contribution in [-0.4, -0.2) is 12.1 Å². The highest BCUT2D eigenvalue weighted by molar-refractivity contribution is 5.66. The van der Waals surface area contributed by atoms with Gasteiger partial charge in [-0.05, 0) is 85.5 Å². The third kappa shape index (κ3) is 3.01. The molecule has 1 aromatic rings. The molecule has 3 fully saturated rings. The van der Waals surface area contributed by atoms with Gasteiger partial charge in [0, 0.05) is 25.0 Å². The molecule has 0 bridgehead atoms. The second kappa shape index (κ2) is 7.10. The van der Waals surface area contributed by atoms with Crippen LogP contribution in [0.5, 0.6) is 0 Å². The summed E-state index contributed by atoms with van der Waals surface area (Å²) in [4.78, 5) is 11.4. The molecule has 0 aliphatic heterocycles. The van der Waals surface area contributed by atoms with Crippen molar-refractivity contribution < 1.29 is 14.3 Å². The molecule has 0 spiro atoms. The number of esters is 1. The van der Waals surface area contributed by atoms with Crippen molar-refractivity contribution in [3.05, 3.63) is 46.9 Å². The summed E-state index contributed by atoms with van der Waals surface area (Å²) in [6.07, 6.45) is 15.2. The maximum atomic E-state index is 11.9. The molecule has 0 amide bonds. The van der Waals surface area contributed by atoms with E-state index in [1.807, 2.05) is 6.07 Å². The fraction of sp³-hybridized carbons (Fsp3) is 0.692. The van der Waals surface area contributed by atoms with E-state index in [0.717, 1.165) is 41.7 Å². The Morgan fingerprint density at radius 2 is 2.00 bits per heavy atom. The van der Waals surface area contributed by atoms with Crippen LogP contribution in [0.3, 0.4) is 0 Å². The Morgan fingerprint density at radius 1 is 1.17 bits per heavy atom. The second-order valence-electron chi connectivity index (χ2n) is 10.9. The maximum Gasteiger partial charge on any atom is 0.302 e. The molecule has 4 heteroatoms. The first-order valence-corrected chi connectivity index (χ1v) is 11.9. The molecule has 0 radical (unpaired) electrons. The van der Waals surface area contributed by atoms with Crippen LogP contribution in [0.2, 0.25) is 0 Å². The lowest BCUT2D eigenvalue weighted by Crippen LogP contribution is -2.50. The molecular formula is C26H35NO3. The fourth-order valence-electron chi connectivity index (χ4n) is 8.19. The Morgan fingerprint density at radius 3 is 2.77 bits per heavy atom. The average molecular weight is 410 g/mol. The summed E-state index contributed by atoms with van der Waals surface area (Å²) >= 11 is 0. The van der Waals surface area contributed by atoms with E-state index in [0.29, 0.717) is 11.3 Å². The molecule has 7 atom stereocenters. The molecule has 3 saturated carbocycles. The number of nitrogens with zero attached hydrogens (tertiary/aromatic N) is 1. The van der Waals surface area contributed by atoms with Crippen molar-refractivity contribution in [1.29, 1.82) is 0 Å². The molecule has 4 nitrogen and oxygen atoms in total. The van der Waals surface area contributed by atoms with Gasteiger partial charge < -0.3 is 9.94 Å². The molecule has 1 heterocycles. The van der Waals surface area contributed by atoms with Crippen molar-refractivity contribution in [1.82, 2.24) is 0 Å². The zero-order valence-electron chi connectivity index (χ0n) is 18.6. The molecular weight excluding hydrogens is 374 g/mol. The molecule has 5 rings (SSSR count). The lowest BCUT2D eigenvalue weighted by molar-refractivity contribution is -0.606. The van der Waals surface area contributed by atoms with Gasteiger partial charge in [-0.2, -0.15) is 4.73 Å². The van der Waals surface area contributed by atoms with E-state index in [1.165, 1.54) is 44.6 Å². The minimum Gasteiger partial charge on any atom is -0.619 e. The van der Waals surface area contributed by atoms with Crippen LogP contribution in [0.1, 0.15) is 83.6 Å². The van der Waals surface area contributed by atoms with E-state index in [4.69, 9.17) is 4.74 Å². The Bertz CT molecular complexity index is 879. The number of ether oxygens (including phenoxy) is 1. The van der Waals surface area contributed by atoms with E-state index in [1.54, 1.807) is 18.0 Å². The first-order chi connectivity index (χ1) is 14.3. The van der Waals surface area contributed by atoms with E-state index >= 15 is 0 Å². The van der Waals surface area contributed by atoms with Crippen LogP contribution in [0.4, 0.5) is 0 Å². The van der Waals surface area contributed by atoms with Gasteiger partial charge >= 0.3 is 5.97 Å². The van der Waals surface area contributed by atoms with Gasteiger partial charge in [0.15, 0.2) is 12.4 Å². The van der Waals surface area contributed by atoms with Crippen molar-refractivity contribution in [3.8, 4) is 0 Å². The monoisotopic (exact) mass is 409 g/mol. The lowest BCUT2D eigenvalue weighted by Gasteiger charge is -2.58. The summed E-state index contributed by atoms with van der Waals surface area (Å²) in [5.41, 5.74) is 3.35. The average Bonchev–Trinajstić information content (AvgIpc) is 3.05. The molecule has 4 aliphatic carbocycles. The summed E-state index contributed by atoms with van der Waals surface area (Å²) < 4.78 is 6.54. The van der Waals surface area contributed by atoms with Crippen LogP contribution >= 0.6 is 0 Å². The Balaban J connectivity index is 1.40. The van der Waals surface area contributed by atoms with Crippen molar-refractivity contribution in [2.75, 3.05) is 0 Å². The van der Waals surface area contributed by atoms with Gasteiger partial charge in [0.1, 0.15) is 6.10 Å². The number of fused-ring (bicyclic) bond motifs is 5. The standard InChI is InChI=1S/C26H35NO3/c1-17(28)30-20-10-12-25(2)19(15-20)6-7-21-23-9-8-22(18-5-4-14-27(29)16-18)26(23,3)13-11-24(21)25/h4-6,14,16,20-24H,7-13,15H2,1-3H3/t20-,21-,22?,23-,24-,25-,26+/m0/s1. The van der Waals surface area contributed by atoms with Crippen LogP contribution in [0.15, 0.2) is 36.2 Å². The summed E-state index contributed by atoms with van der Waals surface area (Å²) in [7, 11) is 0. The molecule has 0 saturated heterocycles. The predicted octanol–water partition coefficient (Wildman–Crippen LogP) is 5.30. The van der Waals surface area contributed by atoms with Gasteiger partial charge in [-0.15, -0.1) is 0 Å². The summed E-state index contributed by atoms with van der Waals surface area (Å²) in [5, 5.41) is 11.9. The van der Waals surface area contributed by atoms with Gasteiger partial charge in [-0.1, -0.05) is 25.5 Å². The van der Waals surface area contributed by atoms with Crippen LogP contribution in [0.25, 0.3) is 0 Å². The highest BCUT2D eigenvalue weighted by atomic mass is 16.5. The lowest BCUT2D eigenvalue weighted by atomic mass is 9.47. The zero-order chi connectivity index (χ0) is 21.1. The third-order valence-corrected chi connectivity index (χ3v) is 9.59. The Labute approximate surface area is 180 Å². The smallest absolute Gasteiger partial charge is 0.302 e. The van der Waals surface area contributed by atoms with E-state index in [2.05, 4.69) is 26.0 Å². The number of hydrogen-bond donors (Lipinski definition) is 0. The first-order valence-electron chi connectivity index (χ1n) is 11.9. The highest BCUT2D eigenvalue weighted by Gasteiger charge is 2.59. The zero-order valence-corrected chi connectivity index (χ0v) is 18.6. The van der Waals surface area contributed by atoms with E-state index in [-0.39, 0.29) is 17.5 Å². The van der Waals surface area contributed by atoms with Crippen molar-refractivity contribution in [2.24, 2.45) is 28.6 Å². The Kier molecular flexibility index (Phi) is 4.75. The van der Waals surface area contributed by atoms with E-state index in [9.17, 15) is 10.0 Å². The summed E-state index contributed by atoms with van der Waals surface area (Å²) in [6.45, 7) is 6.53. The quantitative estimate of drug-likeness (QED) is 0.288. The molecule has 0 aromatic carbocycles. The van der Waals surface area contributed by atoms with Crippen LogP contribution in [0, 0.1) is 33.8 Å². The largest absolute Gasteiger partial charge is 0.619 e. The molecule has 4 aliphatic rings. The van der Waals surface area contributed by atoms with Gasteiger partial charge in [0.25, 0.3) is 0 Å². The third-order valence-electron chi connectivity index (χ3n) is 9.59. The van der Waals surface area contributed by atoms with Crippen molar-refractivity contribution in [3.63, 3.8) is 0 Å². The molecule has 0 N–H and O–H groups in total. The maximum absolute atomic E-state index is 11.9. The topological polar surface area (TPSA) is 53.2 Å². The van der Waals surface area contributed by atoms with Crippen molar-refractivity contribution in [2.45, 2.75) is 84.2 Å². The summed E-state index contributed by atoms with van der Waals surface area (Å²) in [5.74, 6) is 2.58. The predicted molar refractivity (Wildman–Crippen MR) is 115 cm³/mol. The van der Waals surface area contributed by atoms with Crippen molar-refractivity contribution >= 4 is 5.97 Å². The minimum absolute atomic E-state index is 0.0694. The van der Waals surface area contributed by atoms with Gasteiger partial charge in [-0.25, -0.2) is 0 Å². The number of rotatable bonds is 2. The number of carbonyl (C=O) groups is 1. The summed E-state index contributed by atoms with van der Waals surface area (Å²) in [6, 6.07) is 4.07. The number of hydrogen-bond acceptors (Lipinski definition) is 3. The van der Waals surface area contributed by atoms with Gasteiger partial charge in [-0.3, -0.25) is 4.79 Å². The highest BCUT2D eigenvalue weighted by Crippen LogP contribution is 2.67. The number of pyridine rings is 1. The number of carbonyl (C=O) groups excluding carboxylic acids is 1. The van der Waals surface area contributed by atoms with Gasteiger partial charge in [0.2, 0.25) is 0 Å². The molecule has 30 heavy (non-hydrogen) atoms.